The number of nitrogens with zero attached hydrogens (tertiary/aromatic N) is 2. The number of hydrogen-bond donors (Lipinski definition) is 1. The largest absolute Gasteiger partial charge is 0.480 e. The van der Waals surface area contributed by atoms with Crippen LogP contribution in [0.15, 0.2) is 0 Å². The average Bonchev–Trinajstić information content (AvgIpc) is 2.90. The molecule has 3 aliphatic rings. The predicted molar refractivity (Wildman–Crippen MR) is 69.7 cm³/mol. The highest BCUT2D eigenvalue weighted by molar-refractivity contribution is 5.80. The molecule has 0 aromatic carbocycles. The molecule has 0 radical (unpaired) electrons. The van der Waals surface area contributed by atoms with E-state index < -0.39 is 5.97 Å². The Morgan fingerprint density at radius 2 is 1.74 bits per heavy atom. The zero-order valence-corrected chi connectivity index (χ0v) is 11.3. The molecule has 1 saturated heterocycles. The van der Waals surface area contributed by atoms with Crippen LogP contribution in [0, 0.1) is 17.8 Å². The van der Waals surface area contributed by atoms with E-state index in [4.69, 9.17) is 5.11 Å². The van der Waals surface area contributed by atoms with Gasteiger partial charge in [0.05, 0.1) is 0 Å². The Morgan fingerprint density at radius 3 is 2.26 bits per heavy atom. The van der Waals surface area contributed by atoms with Gasteiger partial charge in [-0.1, -0.05) is 6.42 Å². The van der Waals surface area contributed by atoms with Crippen molar-refractivity contribution in [3.63, 3.8) is 0 Å². The highest BCUT2D eigenvalue weighted by Crippen LogP contribution is 2.38. The van der Waals surface area contributed by atoms with E-state index >= 15 is 0 Å². The van der Waals surface area contributed by atoms with Crippen LogP contribution in [-0.4, -0.2) is 53.1 Å². The molecule has 1 N–H and O–H groups in total. The van der Waals surface area contributed by atoms with Crippen molar-refractivity contribution in [2.75, 3.05) is 26.2 Å². The molecule has 1 heterocycles. The summed E-state index contributed by atoms with van der Waals surface area (Å²) in [7, 11) is 0. The molecule has 106 valence electrons. The molecule has 5 heteroatoms. The van der Waals surface area contributed by atoms with Crippen LogP contribution < -0.4 is 0 Å². The number of carbonyl (C=O) groups is 2. The first-order valence-corrected chi connectivity index (χ1v) is 7.39. The van der Waals surface area contributed by atoms with Crippen LogP contribution in [0.1, 0.15) is 32.1 Å². The summed E-state index contributed by atoms with van der Waals surface area (Å²) in [5.74, 6) is 0.951. The Kier molecular flexibility index (Phi) is 3.37. The fourth-order valence-corrected chi connectivity index (χ4v) is 3.58. The van der Waals surface area contributed by atoms with Crippen LogP contribution in [0.2, 0.25) is 0 Å². The molecule has 0 aromatic rings. The number of urea groups is 1. The number of carboxylic acids is 1. The normalized spacial score (nSPS) is 29.4. The fourth-order valence-electron chi connectivity index (χ4n) is 3.58. The lowest BCUT2D eigenvalue weighted by Gasteiger charge is -2.27. The van der Waals surface area contributed by atoms with Gasteiger partial charge in [0.25, 0.3) is 0 Å². The van der Waals surface area contributed by atoms with E-state index in [0.717, 1.165) is 25.9 Å². The first kappa shape index (κ1) is 12.8. The lowest BCUT2D eigenvalue weighted by molar-refractivity contribution is -0.137. The van der Waals surface area contributed by atoms with Crippen LogP contribution in [-0.2, 0) is 4.79 Å². The Labute approximate surface area is 113 Å². The number of likely N-dealkylation sites (tertiary alicyclic amines) is 1. The highest BCUT2D eigenvalue weighted by Gasteiger charge is 2.40. The van der Waals surface area contributed by atoms with E-state index in [1.165, 1.54) is 19.3 Å². The van der Waals surface area contributed by atoms with Crippen LogP contribution >= 0.6 is 0 Å². The molecule has 0 spiro atoms. The van der Waals surface area contributed by atoms with Crippen molar-refractivity contribution in [3.05, 3.63) is 0 Å². The van der Waals surface area contributed by atoms with E-state index in [9.17, 15) is 9.59 Å². The minimum atomic E-state index is -0.909. The average molecular weight is 266 g/mol. The summed E-state index contributed by atoms with van der Waals surface area (Å²) in [6.07, 6.45) is 6.02. The third kappa shape index (κ3) is 2.85. The van der Waals surface area contributed by atoms with Crippen molar-refractivity contribution in [2.45, 2.75) is 32.1 Å². The molecule has 1 aliphatic heterocycles. The predicted octanol–water partition coefficient (Wildman–Crippen LogP) is 1.63. The molecule has 2 atom stereocenters. The van der Waals surface area contributed by atoms with Gasteiger partial charge < -0.3 is 14.9 Å². The maximum Gasteiger partial charge on any atom is 0.323 e. The van der Waals surface area contributed by atoms with Crippen LogP contribution in [0.25, 0.3) is 0 Å². The second-order valence-electron chi connectivity index (χ2n) is 6.36. The fraction of sp³-hybridized carbons (Fsp3) is 0.857. The quantitative estimate of drug-likeness (QED) is 0.841. The zero-order valence-electron chi connectivity index (χ0n) is 11.3. The molecule has 3 rings (SSSR count). The van der Waals surface area contributed by atoms with E-state index in [0.29, 0.717) is 24.3 Å². The second kappa shape index (κ2) is 5.02. The topological polar surface area (TPSA) is 60.9 Å². The van der Waals surface area contributed by atoms with E-state index in [-0.39, 0.29) is 12.6 Å². The van der Waals surface area contributed by atoms with Crippen molar-refractivity contribution >= 4 is 12.0 Å². The first-order chi connectivity index (χ1) is 9.13. The Balaban J connectivity index is 1.60. The molecule has 2 unspecified atom stereocenters. The Morgan fingerprint density at radius 1 is 1.11 bits per heavy atom. The molecule has 2 saturated carbocycles. The van der Waals surface area contributed by atoms with Gasteiger partial charge >= 0.3 is 12.0 Å². The monoisotopic (exact) mass is 266 g/mol. The summed E-state index contributed by atoms with van der Waals surface area (Å²) in [5.41, 5.74) is 0. The summed E-state index contributed by atoms with van der Waals surface area (Å²) in [6.45, 7) is 2.15. The SMILES string of the molecule is O=C(O)CN(CC1CC1)C(=O)N1CC2CCCC2C1. The van der Waals surface area contributed by atoms with Gasteiger partial charge in [0.15, 0.2) is 0 Å². The smallest absolute Gasteiger partial charge is 0.323 e. The lowest BCUT2D eigenvalue weighted by Crippen LogP contribution is -2.45. The molecule has 5 nitrogen and oxygen atoms in total. The minimum Gasteiger partial charge on any atom is -0.480 e. The number of hydrogen-bond acceptors (Lipinski definition) is 2. The molecule has 3 fully saturated rings. The van der Waals surface area contributed by atoms with E-state index in [1.54, 1.807) is 4.90 Å². The lowest BCUT2D eigenvalue weighted by atomic mass is 10.0. The summed E-state index contributed by atoms with van der Waals surface area (Å²) >= 11 is 0. The molecule has 19 heavy (non-hydrogen) atoms. The molecule has 2 amide bonds. The zero-order chi connectivity index (χ0) is 13.4. The molecule has 0 bridgehead atoms. The molecule has 0 aromatic heterocycles. The summed E-state index contributed by atoms with van der Waals surface area (Å²) < 4.78 is 0. The maximum absolute atomic E-state index is 12.5. The van der Waals surface area contributed by atoms with Crippen LogP contribution in [0.3, 0.4) is 0 Å². The minimum absolute atomic E-state index is 0.0521. The van der Waals surface area contributed by atoms with Crippen LogP contribution in [0.4, 0.5) is 4.79 Å². The van der Waals surface area contributed by atoms with Crippen LogP contribution in [0.5, 0.6) is 0 Å². The summed E-state index contributed by atoms with van der Waals surface area (Å²) in [6, 6.07) is -0.0521. The second-order valence-corrected chi connectivity index (χ2v) is 6.36. The standard InChI is InChI=1S/C14H22N2O3/c17-13(18)9-15(6-10-4-5-10)14(19)16-7-11-2-1-3-12(11)8-16/h10-12H,1-9H2,(H,17,18). The number of aliphatic carboxylic acids is 1. The third-order valence-corrected chi connectivity index (χ3v) is 4.77. The maximum atomic E-state index is 12.5. The number of amides is 2. The number of fused-ring (bicyclic) bond motifs is 1. The van der Waals surface area contributed by atoms with Crippen molar-refractivity contribution in [2.24, 2.45) is 17.8 Å². The van der Waals surface area contributed by atoms with Crippen molar-refractivity contribution in [1.29, 1.82) is 0 Å². The molecule has 2 aliphatic carbocycles. The van der Waals surface area contributed by atoms with Crippen molar-refractivity contribution < 1.29 is 14.7 Å². The Bertz CT molecular complexity index is 369. The van der Waals surface area contributed by atoms with Gasteiger partial charge in [-0.3, -0.25) is 4.79 Å². The van der Waals surface area contributed by atoms with Gasteiger partial charge in [-0.2, -0.15) is 0 Å². The first-order valence-electron chi connectivity index (χ1n) is 7.39. The number of carboxylic acid groups (broad SMARTS) is 1. The van der Waals surface area contributed by atoms with Gasteiger partial charge in [-0.25, -0.2) is 4.79 Å². The van der Waals surface area contributed by atoms with E-state index in [1.807, 2.05) is 4.90 Å². The highest BCUT2D eigenvalue weighted by atomic mass is 16.4. The molecular formula is C14H22N2O3. The van der Waals surface area contributed by atoms with Gasteiger partial charge in [0.1, 0.15) is 6.54 Å². The van der Waals surface area contributed by atoms with Crippen molar-refractivity contribution in [3.8, 4) is 0 Å². The molecular weight excluding hydrogens is 244 g/mol. The summed E-state index contributed by atoms with van der Waals surface area (Å²) in [4.78, 5) is 26.8. The van der Waals surface area contributed by atoms with Gasteiger partial charge in [0, 0.05) is 19.6 Å². The van der Waals surface area contributed by atoms with Gasteiger partial charge in [-0.15, -0.1) is 0 Å². The number of rotatable bonds is 4. The van der Waals surface area contributed by atoms with Gasteiger partial charge in [0.2, 0.25) is 0 Å². The number of carbonyl (C=O) groups excluding carboxylic acids is 1. The third-order valence-electron chi connectivity index (χ3n) is 4.77. The summed E-state index contributed by atoms with van der Waals surface area (Å²) in [5, 5.41) is 8.96. The van der Waals surface area contributed by atoms with E-state index in [2.05, 4.69) is 0 Å². The Hall–Kier alpha value is -1.26. The van der Waals surface area contributed by atoms with Gasteiger partial charge in [-0.05, 0) is 43.4 Å². The van der Waals surface area contributed by atoms with Crippen molar-refractivity contribution in [1.82, 2.24) is 9.80 Å².